The summed E-state index contributed by atoms with van der Waals surface area (Å²) in [4.78, 5) is 10.0. The number of carboxylic acid groups (broad SMARTS) is 1. The van der Waals surface area contributed by atoms with Crippen LogP contribution in [0.5, 0.6) is 0 Å². The van der Waals surface area contributed by atoms with Crippen molar-refractivity contribution in [1.82, 2.24) is 5.32 Å². The molecule has 1 saturated heterocycles. The van der Waals surface area contributed by atoms with E-state index in [4.69, 9.17) is 5.11 Å². The van der Waals surface area contributed by atoms with E-state index in [1.807, 2.05) is 11.8 Å². The normalized spacial score (nSPS) is 21.7. The summed E-state index contributed by atoms with van der Waals surface area (Å²) in [5.74, 6) is 5.96. The summed E-state index contributed by atoms with van der Waals surface area (Å²) in [7, 11) is 0. The van der Waals surface area contributed by atoms with Gasteiger partial charge >= 0.3 is 5.97 Å². The van der Waals surface area contributed by atoms with E-state index >= 15 is 0 Å². The van der Waals surface area contributed by atoms with Crippen molar-refractivity contribution in [1.29, 1.82) is 0 Å². The van der Waals surface area contributed by atoms with Crippen LogP contribution in [0.2, 0.25) is 0 Å². The second-order valence-electron chi connectivity index (χ2n) is 2.90. The minimum atomic E-state index is -1.06. The molecule has 0 bridgehead atoms. The zero-order valence-electron chi connectivity index (χ0n) is 7.38. The van der Waals surface area contributed by atoms with Crippen LogP contribution in [-0.2, 0) is 4.79 Å². The predicted octanol–water partition coefficient (Wildman–Crippen LogP) is 0.560. The molecule has 0 spiro atoms. The summed E-state index contributed by atoms with van der Waals surface area (Å²) in [6.45, 7) is 0.484. The second-order valence-corrected chi connectivity index (χ2v) is 4.05. The van der Waals surface area contributed by atoms with Gasteiger partial charge in [0.1, 0.15) is 0 Å². The van der Waals surface area contributed by atoms with Gasteiger partial charge in [0.25, 0.3) is 0 Å². The largest absolute Gasteiger partial charge is 0.472 e. The summed E-state index contributed by atoms with van der Waals surface area (Å²) >= 11 is 1.94. The third-order valence-electron chi connectivity index (χ3n) is 1.83. The van der Waals surface area contributed by atoms with Crippen LogP contribution >= 0.6 is 11.8 Å². The number of thioether (sulfide) groups is 1. The molecule has 0 aromatic heterocycles. The molecule has 1 unspecified atom stereocenters. The average Bonchev–Trinajstić information content (AvgIpc) is 2.14. The van der Waals surface area contributed by atoms with Gasteiger partial charge in [0, 0.05) is 17.7 Å². The molecule has 0 aromatic rings. The highest BCUT2D eigenvalue weighted by molar-refractivity contribution is 7.99. The van der Waals surface area contributed by atoms with Crippen molar-refractivity contribution in [2.75, 3.05) is 18.1 Å². The predicted molar refractivity (Wildman–Crippen MR) is 53.8 cm³/mol. The van der Waals surface area contributed by atoms with Crippen molar-refractivity contribution in [3.63, 3.8) is 0 Å². The van der Waals surface area contributed by atoms with E-state index in [1.54, 1.807) is 0 Å². The zero-order chi connectivity index (χ0) is 9.52. The third kappa shape index (κ3) is 4.81. The highest BCUT2D eigenvalue weighted by Gasteiger charge is 2.11. The minimum absolute atomic E-state index is 0.484. The van der Waals surface area contributed by atoms with Gasteiger partial charge in [-0.2, -0.15) is 11.8 Å². The summed E-state index contributed by atoms with van der Waals surface area (Å²) in [6, 6.07) is 0.516. The fourth-order valence-electron chi connectivity index (χ4n) is 1.22. The number of carbonyl (C=O) groups is 1. The van der Waals surface area contributed by atoms with Gasteiger partial charge in [-0.1, -0.05) is 5.92 Å². The van der Waals surface area contributed by atoms with Crippen LogP contribution in [0.15, 0.2) is 0 Å². The van der Waals surface area contributed by atoms with Gasteiger partial charge in [-0.05, 0) is 18.6 Å². The van der Waals surface area contributed by atoms with Crippen LogP contribution in [0.3, 0.4) is 0 Å². The third-order valence-corrected chi connectivity index (χ3v) is 3.05. The highest BCUT2D eigenvalue weighted by atomic mass is 32.2. The molecule has 3 nitrogen and oxygen atoms in total. The zero-order valence-corrected chi connectivity index (χ0v) is 8.19. The Morgan fingerprint density at radius 3 is 3.15 bits per heavy atom. The van der Waals surface area contributed by atoms with E-state index in [2.05, 4.69) is 17.2 Å². The van der Waals surface area contributed by atoms with Crippen LogP contribution in [-0.4, -0.2) is 35.2 Å². The molecule has 0 amide bonds. The summed E-state index contributed by atoms with van der Waals surface area (Å²) in [6.07, 6.45) is 2.43. The number of hydrogen-bond donors (Lipinski definition) is 2. The van der Waals surface area contributed by atoms with Crippen LogP contribution < -0.4 is 5.32 Å². The number of hydrogen-bond acceptors (Lipinski definition) is 3. The Morgan fingerprint density at radius 1 is 1.69 bits per heavy atom. The molecular formula is C9H13NO2S. The van der Waals surface area contributed by atoms with Gasteiger partial charge in [0.15, 0.2) is 0 Å². The maximum Gasteiger partial charge on any atom is 0.381 e. The topological polar surface area (TPSA) is 49.3 Å². The van der Waals surface area contributed by atoms with E-state index in [0.29, 0.717) is 12.6 Å². The van der Waals surface area contributed by atoms with E-state index in [-0.39, 0.29) is 0 Å². The van der Waals surface area contributed by atoms with Crippen LogP contribution in [0, 0.1) is 11.8 Å². The first kappa shape index (κ1) is 10.4. The van der Waals surface area contributed by atoms with Crippen molar-refractivity contribution in [3.05, 3.63) is 0 Å². The lowest BCUT2D eigenvalue weighted by atomic mass is 10.2. The Labute approximate surface area is 82.3 Å². The monoisotopic (exact) mass is 199 g/mol. The molecule has 1 heterocycles. The first-order chi connectivity index (χ1) is 6.29. The molecule has 0 aliphatic carbocycles. The molecule has 72 valence electrons. The van der Waals surface area contributed by atoms with Crippen LogP contribution in [0.1, 0.15) is 12.8 Å². The van der Waals surface area contributed by atoms with Gasteiger partial charge in [-0.3, -0.25) is 0 Å². The van der Waals surface area contributed by atoms with Gasteiger partial charge in [0.05, 0.1) is 6.54 Å². The maximum absolute atomic E-state index is 10.0. The van der Waals surface area contributed by atoms with Gasteiger partial charge in [0.2, 0.25) is 0 Å². The van der Waals surface area contributed by atoms with Crippen molar-refractivity contribution in [2.24, 2.45) is 0 Å². The lowest BCUT2D eigenvalue weighted by Crippen LogP contribution is -2.33. The standard InChI is InChI=1S/C9H13NO2S/c11-9(12)4-1-5-10-8-3-2-6-13-7-8/h8,10H,2-3,5-7H2,(H,11,12). The van der Waals surface area contributed by atoms with Crippen molar-refractivity contribution < 1.29 is 9.90 Å². The Kier molecular flexibility index (Phi) is 4.73. The molecular weight excluding hydrogens is 186 g/mol. The lowest BCUT2D eigenvalue weighted by molar-refractivity contribution is -0.130. The lowest BCUT2D eigenvalue weighted by Gasteiger charge is -2.21. The van der Waals surface area contributed by atoms with Gasteiger partial charge in [-0.25, -0.2) is 4.79 Å². The quantitative estimate of drug-likeness (QED) is 0.638. The number of aliphatic carboxylic acids is 1. The molecule has 1 aliphatic rings. The SMILES string of the molecule is O=C(O)C#CCNC1CCCSC1. The molecule has 0 radical (unpaired) electrons. The molecule has 4 heteroatoms. The van der Waals surface area contributed by atoms with Crippen molar-refractivity contribution >= 4 is 17.7 Å². The number of rotatable bonds is 2. The Balaban J connectivity index is 2.12. The fourth-order valence-corrected chi connectivity index (χ4v) is 2.32. The number of carboxylic acids is 1. The fraction of sp³-hybridized carbons (Fsp3) is 0.667. The molecule has 1 aliphatic heterocycles. The first-order valence-corrected chi connectivity index (χ1v) is 5.47. The smallest absolute Gasteiger partial charge is 0.381 e. The molecule has 1 atom stereocenters. The second kappa shape index (κ2) is 5.90. The van der Waals surface area contributed by atoms with Crippen LogP contribution in [0.25, 0.3) is 0 Å². The van der Waals surface area contributed by atoms with E-state index in [0.717, 1.165) is 5.75 Å². The molecule has 13 heavy (non-hydrogen) atoms. The Morgan fingerprint density at radius 2 is 2.54 bits per heavy atom. The summed E-state index contributed by atoms with van der Waals surface area (Å²) in [5, 5.41) is 11.5. The molecule has 0 aromatic carbocycles. The Bertz CT molecular complexity index is 226. The molecule has 1 rings (SSSR count). The number of nitrogens with one attached hydrogen (secondary N) is 1. The van der Waals surface area contributed by atoms with Gasteiger partial charge in [-0.15, -0.1) is 0 Å². The van der Waals surface area contributed by atoms with Crippen molar-refractivity contribution in [3.8, 4) is 11.8 Å². The minimum Gasteiger partial charge on any atom is -0.472 e. The first-order valence-electron chi connectivity index (χ1n) is 4.32. The van der Waals surface area contributed by atoms with Crippen LogP contribution in [0.4, 0.5) is 0 Å². The summed E-state index contributed by atoms with van der Waals surface area (Å²) in [5.41, 5.74) is 0. The van der Waals surface area contributed by atoms with E-state index in [9.17, 15) is 4.79 Å². The molecule has 1 fully saturated rings. The summed E-state index contributed by atoms with van der Waals surface area (Å²) < 4.78 is 0. The van der Waals surface area contributed by atoms with Gasteiger partial charge < -0.3 is 10.4 Å². The average molecular weight is 199 g/mol. The highest BCUT2D eigenvalue weighted by Crippen LogP contribution is 2.16. The maximum atomic E-state index is 10.0. The molecule has 0 saturated carbocycles. The molecule has 2 N–H and O–H groups in total. The van der Waals surface area contributed by atoms with Crippen molar-refractivity contribution in [2.45, 2.75) is 18.9 Å². The van der Waals surface area contributed by atoms with E-state index < -0.39 is 5.97 Å². The van der Waals surface area contributed by atoms with E-state index in [1.165, 1.54) is 18.6 Å². The Hall–Kier alpha value is -0.660.